The van der Waals surface area contributed by atoms with E-state index in [0.29, 0.717) is 24.1 Å². The number of benzene rings is 1. The lowest BCUT2D eigenvalue weighted by atomic mass is 9.93. The zero-order chi connectivity index (χ0) is 18.9. The van der Waals surface area contributed by atoms with Crippen LogP contribution < -0.4 is 16.0 Å². The molecule has 0 aliphatic carbocycles. The van der Waals surface area contributed by atoms with Crippen LogP contribution in [-0.2, 0) is 14.6 Å². The van der Waals surface area contributed by atoms with Crippen LogP contribution in [0.2, 0.25) is 0 Å². The molecule has 8 nitrogen and oxygen atoms in total. The van der Waals surface area contributed by atoms with Gasteiger partial charge in [-0.25, -0.2) is 22.4 Å². The van der Waals surface area contributed by atoms with Gasteiger partial charge in [0.1, 0.15) is 21.8 Å². The molecule has 3 amide bonds. The van der Waals surface area contributed by atoms with Crippen molar-refractivity contribution in [1.29, 1.82) is 0 Å². The Labute approximate surface area is 150 Å². The molecule has 0 unspecified atom stereocenters. The summed E-state index contributed by atoms with van der Waals surface area (Å²) in [5, 5.41) is 2.36. The van der Waals surface area contributed by atoms with Gasteiger partial charge in [0, 0.05) is 0 Å². The summed E-state index contributed by atoms with van der Waals surface area (Å²) in [6.07, 6.45) is -0.408. The largest absolute Gasteiger partial charge is 0.442 e. The zero-order valence-electron chi connectivity index (χ0n) is 14.0. The van der Waals surface area contributed by atoms with Gasteiger partial charge in [0.2, 0.25) is 0 Å². The summed E-state index contributed by atoms with van der Waals surface area (Å²) in [4.78, 5) is 24.0. The Bertz CT molecular complexity index is 815. The molecule has 0 aromatic heterocycles. The van der Waals surface area contributed by atoms with Crippen LogP contribution >= 0.6 is 0 Å². The number of nitrogens with one attached hydrogen (secondary N) is 1. The third kappa shape index (κ3) is 4.06. The number of urea groups is 1. The van der Waals surface area contributed by atoms with E-state index in [0.717, 1.165) is 0 Å². The van der Waals surface area contributed by atoms with Crippen LogP contribution in [0.1, 0.15) is 24.3 Å². The number of halogens is 1. The van der Waals surface area contributed by atoms with Crippen molar-refractivity contribution in [2.75, 3.05) is 29.5 Å². The van der Waals surface area contributed by atoms with Gasteiger partial charge in [0.05, 0.1) is 30.3 Å². The monoisotopic (exact) mass is 385 g/mol. The van der Waals surface area contributed by atoms with E-state index < -0.39 is 33.9 Å². The maximum absolute atomic E-state index is 14.6. The molecule has 1 aromatic rings. The van der Waals surface area contributed by atoms with Crippen molar-refractivity contribution in [1.82, 2.24) is 5.32 Å². The number of rotatable bonds is 4. The van der Waals surface area contributed by atoms with Gasteiger partial charge in [0.25, 0.3) is 0 Å². The van der Waals surface area contributed by atoms with E-state index in [9.17, 15) is 22.4 Å². The minimum absolute atomic E-state index is 0.0614. The van der Waals surface area contributed by atoms with Crippen LogP contribution in [0.5, 0.6) is 0 Å². The highest BCUT2D eigenvalue weighted by atomic mass is 32.2. The Balaban J connectivity index is 1.69. The summed E-state index contributed by atoms with van der Waals surface area (Å²) in [6.45, 7) is 0.244. The highest BCUT2D eigenvalue weighted by Crippen LogP contribution is 2.33. The summed E-state index contributed by atoms with van der Waals surface area (Å²) in [5.74, 6) is -0.499. The van der Waals surface area contributed by atoms with Gasteiger partial charge in [-0.05, 0) is 36.5 Å². The van der Waals surface area contributed by atoms with Crippen LogP contribution in [0.25, 0.3) is 0 Å². The number of sulfone groups is 1. The van der Waals surface area contributed by atoms with Crippen molar-refractivity contribution in [3.63, 3.8) is 0 Å². The standard InChI is InChI=1S/C16H20FN3O5S/c17-14-7-11(20-9-12(25-16(20)22)8-19-15(18)21)1-2-13(14)10-3-5-26(23,24)6-4-10/h1-2,7,10,12H,3-6,8-9H2,(H3,18,19,21)/t12-/m0/s1. The smallest absolute Gasteiger partial charge is 0.414 e. The molecule has 26 heavy (non-hydrogen) atoms. The average Bonchev–Trinajstić information content (AvgIpc) is 2.94. The Kier molecular flexibility index (Phi) is 5.03. The minimum atomic E-state index is -3.01. The number of nitrogens with zero attached hydrogens (tertiary/aromatic N) is 1. The normalized spacial score (nSPS) is 22.9. The molecule has 2 saturated heterocycles. The molecule has 3 rings (SSSR count). The second kappa shape index (κ2) is 7.10. The highest BCUT2D eigenvalue weighted by molar-refractivity contribution is 7.91. The van der Waals surface area contributed by atoms with Gasteiger partial charge in [0.15, 0.2) is 0 Å². The van der Waals surface area contributed by atoms with Crippen molar-refractivity contribution in [2.45, 2.75) is 24.9 Å². The van der Waals surface area contributed by atoms with E-state index >= 15 is 0 Å². The molecule has 2 fully saturated rings. The first-order chi connectivity index (χ1) is 12.2. The molecule has 142 valence electrons. The minimum Gasteiger partial charge on any atom is -0.442 e. The van der Waals surface area contributed by atoms with E-state index in [1.165, 1.54) is 11.0 Å². The van der Waals surface area contributed by atoms with Gasteiger partial charge >= 0.3 is 12.1 Å². The van der Waals surface area contributed by atoms with Gasteiger partial charge in [-0.15, -0.1) is 0 Å². The molecular weight excluding hydrogens is 365 g/mol. The number of primary amides is 1. The fourth-order valence-corrected chi connectivity index (χ4v) is 4.76. The van der Waals surface area contributed by atoms with Crippen LogP contribution in [0.4, 0.5) is 19.7 Å². The van der Waals surface area contributed by atoms with Crippen LogP contribution in [0.15, 0.2) is 18.2 Å². The average molecular weight is 385 g/mol. The fraction of sp³-hybridized carbons (Fsp3) is 0.500. The first-order valence-corrected chi connectivity index (χ1v) is 10.1. The number of carbonyl (C=O) groups excluding carboxylic acids is 2. The molecule has 3 N–H and O–H groups in total. The van der Waals surface area contributed by atoms with Crippen LogP contribution in [-0.4, -0.2) is 51.2 Å². The fourth-order valence-electron chi connectivity index (χ4n) is 3.27. The van der Waals surface area contributed by atoms with E-state index in [1.807, 2.05) is 0 Å². The summed E-state index contributed by atoms with van der Waals surface area (Å²) >= 11 is 0. The van der Waals surface area contributed by atoms with Crippen molar-refractivity contribution in [2.24, 2.45) is 5.73 Å². The van der Waals surface area contributed by atoms with E-state index in [4.69, 9.17) is 10.5 Å². The summed E-state index contributed by atoms with van der Waals surface area (Å²) < 4.78 is 42.7. The van der Waals surface area contributed by atoms with Crippen LogP contribution in [0, 0.1) is 5.82 Å². The first-order valence-electron chi connectivity index (χ1n) is 8.26. The molecule has 0 spiro atoms. The van der Waals surface area contributed by atoms with E-state index in [2.05, 4.69) is 5.32 Å². The van der Waals surface area contributed by atoms with Crippen molar-refractivity contribution >= 4 is 27.6 Å². The Morgan fingerprint density at radius 2 is 2.04 bits per heavy atom. The van der Waals surface area contributed by atoms with Crippen molar-refractivity contribution < 1.29 is 27.1 Å². The van der Waals surface area contributed by atoms with Gasteiger partial charge < -0.3 is 15.8 Å². The molecule has 10 heteroatoms. The number of cyclic esters (lactones) is 1. The predicted octanol–water partition coefficient (Wildman–Crippen LogP) is 1.11. The van der Waals surface area contributed by atoms with E-state index in [-0.39, 0.29) is 30.5 Å². The molecule has 2 aliphatic heterocycles. The first kappa shape index (κ1) is 18.4. The molecule has 2 heterocycles. The molecule has 0 saturated carbocycles. The second-order valence-corrected chi connectivity index (χ2v) is 8.80. The van der Waals surface area contributed by atoms with Crippen molar-refractivity contribution in [3.05, 3.63) is 29.6 Å². The molecule has 0 bridgehead atoms. The number of nitrogens with two attached hydrogens (primary N) is 1. The lowest BCUT2D eigenvalue weighted by Gasteiger charge is -2.23. The molecular formula is C16H20FN3O5S. The number of hydrogen-bond donors (Lipinski definition) is 2. The lowest BCUT2D eigenvalue weighted by Crippen LogP contribution is -2.37. The topological polar surface area (TPSA) is 119 Å². The summed E-state index contributed by atoms with van der Waals surface area (Å²) in [5.41, 5.74) is 5.79. The molecule has 1 atom stereocenters. The Morgan fingerprint density at radius 1 is 1.35 bits per heavy atom. The molecule has 0 radical (unpaired) electrons. The maximum atomic E-state index is 14.6. The maximum Gasteiger partial charge on any atom is 0.414 e. The zero-order valence-corrected chi connectivity index (χ0v) is 14.8. The SMILES string of the molecule is NC(=O)NC[C@H]1CN(c2ccc(C3CCS(=O)(=O)CC3)c(F)c2)C(=O)O1. The third-order valence-corrected chi connectivity index (χ3v) is 6.38. The number of anilines is 1. The van der Waals surface area contributed by atoms with Gasteiger partial charge in [-0.3, -0.25) is 4.90 Å². The number of hydrogen-bond acceptors (Lipinski definition) is 5. The van der Waals surface area contributed by atoms with E-state index in [1.54, 1.807) is 12.1 Å². The van der Waals surface area contributed by atoms with Crippen molar-refractivity contribution in [3.8, 4) is 0 Å². The Hall–Kier alpha value is -2.36. The molecule has 2 aliphatic rings. The number of ether oxygens (including phenoxy) is 1. The Morgan fingerprint density at radius 3 is 2.65 bits per heavy atom. The summed E-state index contributed by atoms with van der Waals surface area (Å²) in [7, 11) is -3.01. The second-order valence-electron chi connectivity index (χ2n) is 6.49. The number of carbonyl (C=O) groups is 2. The summed E-state index contributed by atoms with van der Waals surface area (Å²) in [6, 6.07) is 3.75. The quantitative estimate of drug-likeness (QED) is 0.805. The van der Waals surface area contributed by atoms with Gasteiger partial charge in [-0.2, -0.15) is 0 Å². The van der Waals surface area contributed by atoms with Gasteiger partial charge in [-0.1, -0.05) is 6.07 Å². The lowest BCUT2D eigenvalue weighted by molar-refractivity contribution is 0.141. The highest BCUT2D eigenvalue weighted by Gasteiger charge is 2.33. The third-order valence-electron chi connectivity index (χ3n) is 4.67. The van der Waals surface area contributed by atoms with Crippen LogP contribution in [0.3, 0.4) is 0 Å². The number of amides is 3. The predicted molar refractivity (Wildman–Crippen MR) is 92.2 cm³/mol. The molecule has 1 aromatic carbocycles.